The standard InChI is InChI=1S/C27H41N3O5/c1-6-9-25(31)28-21-12-13-22-23(14-21)35-17-19(3)30(26(32)20-10-7-8-11-20)15-18(2)24(34-5)16-29(4)27(22)33/h12-14,18-20,24H,6-11,15-17H2,1-5H3,(H,28,31)/t18-,19-,24-/m0/s1. The lowest BCUT2D eigenvalue weighted by molar-refractivity contribution is -0.139. The largest absolute Gasteiger partial charge is 0.491 e. The molecule has 1 aromatic rings. The molecule has 0 aromatic heterocycles. The molecule has 3 atom stereocenters. The lowest BCUT2D eigenvalue weighted by atomic mass is 9.99. The van der Waals surface area contributed by atoms with Gasteiger partial charge >= 0.3 is 0 Å². The molecular weight excluding hydrogens is 446 g/mol. The lowest BCUT2D eigenvalue weighted by Gasteiger charge is -2.37. The summed E-state index contributed by atoms with van der Waals surface area (Å²) in [4.78, 5) is 42.5. The van der Waals surface area contributed by atoms with E-state index in [1.807, 2.05) is 18.7 Å². The van der Waals surface area contributed by atoms with E-state index in [1.165, 1.54) is 0 Å². The number of anilines is 1. The second kappa shape index (κ2) is 12.4. The van der Waals surface area contributed by atoms with Crippen LogP contribution in [0.25, 0.3) is 0 Å². The van der Waals surface area contributed by atoms with Crippen molar-refractivity contribution >= 4 is 23.4 Å². The maximum absolute atomic E-state index is 13.5. The van der Waals surface area contributed by atoms with Crippen LogP contribution in [0.4, 0.5) is 5.69 Å². The topological polar surface area (TPSA) is 88.2 Å². The highest BCUT2D eigenvalue weighted by Gasteiger charge is 2.34. The number of carbonyl (C=O) groups is 3. The van der Waals surface area contributed by atoms with Crippen LogP contribution in [0.2, 0.25) is 0 Å². The van der Waals surface area contributed by atoms with Crippen molar-refractivity contribution in [3.63, 3.8) is 0 Å². The molecule has 3 rings (SSSR count). The highest BCUT2D eigenvalue weighted by atomic mass is 16.5. The molecule has 0 saturated heterocycles. The fraction of sp³-hybridized carbons (Fsp3) is 0.667. The summed E-state index contributed by atoms with van der Waals surface area (Å²) in [6, 6.07) is 4.94. The van der Waals surface area contributed by atoms with Gasteiger partial charge < -0.3 is 24.6 Å². The maximum atomic E-state index is 13.5. The zero-order chi connectivity index (χ0) is 25.5. The number of benzene rings is 1. The molecule has 194 valence electrons. The number of hydrogen-bond donors (Lipinski definition) is 1. The van der Waals surface area contributed by atoms with E-state index >= 15 is 0 Å². The molecule has 8 nitrogen and oxygen atoms in total. The van der Waals surface area contributed by atoms with E-state index in [1.54, 1.807) is 37.3 Å². The molecule has 1 heterocycles. The molecule has 8 heteroatoms. The Morgan fingerprint density at radius 2 is 1.89 bits per heavy atom. The van der Waals surface area contributed by atoms with Gasteiger partial charge in [0.25, 0.3) is 5.91 Å². The zero-order valence-electron chi connectivity index (χ0n) is 21.8. The van der Waals surface area contributed by atoms with Crippen LogP contribution in [-0.4, -0.2) is 73.5 Å². The Balaban J connectivity index is 1.93. The van der Waals surface area contributed by atoms with Crippen LogP contribution < -0.4 is 10.1 Å². The van der Waals surface area contributed by atoms with Crippen LogP contribution in [0.3, 0.4) is 0 Å². The first-order valence-corrected chi connectivity index (χ1v) is 12.9. The molecule has 1 aromatic carbocycles. The SMILES string of the molecule is CCCC(=O)Nc1ccc2c(c1)OC[C@H](C)N(C(=O)C1CCCC1)C[C@H](C)[C@@H](OC)CN(C)C2=O. The van der Waals surface area contributed by atoms with Gasteiger partial charge in [-0.15, -0.1) is 0 Å². The highest BCUT2D eigenvalue weighted by molar-refractivity contribution is 5.98. The van der Waals surface area contributed by atoms with Gasteiger partial charge in [-0.1, -0.05) is 26.7 Å². The number of amides is 3. The number of likely N-dealkylation sites (N-methyl/N-ethyl adjacent to an activating group) is 1. The number of methoxy groups -OCH3 is 1. The van der Waals surface area contributed by atoms with E-state index in [2.05, 4.69) is 12.2 Å². The molecule has 1 saturated carbocycles. The predicted molar refractivity (Wildman–Crippen MR) is 136 cm³/mol. The first-order valence-electron chi connectivity index (χ1n) is 12.9. The third kappa shape index (κ3) is 6.75. The first kappa shape index (κ1) is 27.0. The molecule has 1 aliphatic heterocycles. The molecule has 3 amide bonds. The molecule has 1 N–H and O–H groups in total. The molecule has 0 radical (unpaired) electrons. The van der Waals surface area contributed by atoms with Crippen molar-refractivity contribution in [3.05, 3.63) is 23.8 Å². The second-order valence-corrected chi connectivity index (χ2v) is 10.1. The van der Waals surface area contributed by atoms with E-state index in [0.29, 0.717) is 36.5 Å². The van der Waals surface area contributed by atoms with Crippen LogP contribution >= 0.6 is 0 Å². The van der Waals surface area contributed by atoms with Gasteiger partial charge in [-0.05, 0) is 38.3 Å². The molecule has 2 aliphatic rings. The number of nitrogens with zero attached hydrogens (tertiary/aromatic N) is 2. The fourth-order valence-corrected chi connectivity index (χ4v) is 5.01. The number of hydrogen-bond acceptors (Lipinski definition) is 5. The minimum atomic E-state index is -0.216. The van der Waals surface area contributed by atoms with Crippen molar-refractivity contribution < 1.29 is 23.9 Å². The average molecular weight is 488 g/mol. The number of rotatable bonds is 5. The predicted octanol–water partition coefficient (Wildman–Crippen LogP) is 3.95. The van der Waals surface area contributed by atoms with Crippen molar-refractivity contribution in [2.45, 2.75) is 71.4 Å². The fourth-order valence-electron chi connectivity index (χ4n) is 5.01. The van der Waals surface area contributed by atoms with Crippen LogP contribution in [0, 0.1) is 11.8 Å². The summed E-state index contributed by atoms with van der Waals surface area (Å²) in [6.45, 7) is 7.20. The zero-order valence-corrected chi connectivity index (χ0v) is 21.8. The quantitative estimate of drug-likeness (QED) is 0.680. The smallest absolute Gasteiger partial charge is 0.257 e. The van der Waals surface area contributed by atoms with Gasteiger partial charge in [-0.3, -0.25) is 14.4 Å². The third-order valence-corrected chi connectivity index (χ3v) is 7.20. The minimum Gasteiger partial charge on any atom is -0.491 e. The summed E-state index contributed by atoms with van der Waals surface area (Å²) in [6.07, 6.45) is 5.02. The van der Waals surface area contributed by atoms with E-state index < -0.39 is 0 Å². The molecule has 35 heavy (non-hydrogen) atoms. The van der Waals surface area contributed by atoms with Gasteiger partial charge in [-0.2, -0.15) is 0 Å². The summed E-state index contributed by atoms with van der Waals surface area (Å²) >= 11 is 0. The van der Waals surface area contributed by atoms with E-state index in [9.17, 15) is 14.4 Å². The molecule has 1 fully saturated rings. The molecular formula is C27H41N3O5. The van der Waals surface area contributed by atoms with Crippen molar-refractivity contribution in [2.75, 3.05) is 39.2 Å². The Labute approximate surface area is 209 Å². The summed E-state index contributed by atoms with van der Waals surface area (Å²) in [5, 5.41) is 2.87. The van der Waals surface area contributed by atoms with Crippen LogP contribution in [-0.2, 0) is 14.3 Å². The summed E-state index contributed by atoms with van der Waals surface area (Å²) < 4.78 is 12.0. The summed E-state index contributed by atoms with van der Waals surface area (Å²) in [5.41, 5.74) is 1.00. The monoisotopic (exact) mass is 487 g/mol. The number of ether oxygens (including phenoxy) is 2. The second-order valence-electron chi connectivity index (χ2n) is 10.1. The molecule has 0 unspecified atom stereocenters. The average Bonchev–Trinajstić information content (AvgIpc) is 3.38. The Bertz CT molecular complexity index is 899. The maximum Gasteiger partial charge on any atom is 0.257 e. The lowest BCUT2D eigenvalue weighted by Crippen LogP contribution is -2.50. The van der Waals surface area contributed by atoms with Crippen molar-refractivity contribution in [2.24, 2.45) is 11.8 Å². The number of fused-ring (bicyclic) bond motifs is 1. The van der Waals surface area contributed by atoms with Gasteiger partial charge in [0.1, 0.15) is 12.4 Å². The van der Waals surface area contributed by atoms with Crippen molar-refractivity contribution in [1.82, 2.24) is 9.80 Å². The van der Waals surface area contributed by atoms with Gasteiger partial charge in [0.2, 0.25) is 11.8 Å². The van der Waals surface area contributed by atoms with E-state index in [0.717, 1.165) is 32.1 Å². The Morgan fingerprint density at radius 1 is 1.17 bits per heavy atom. The minimum absolute atomic E-state index is 0.0399. The third-order valence-electron chi connectivity index (χ3n) is 7.20. The summed E-state index contributed by atoms with van der Waals surface area (Å²) in [7, 11) is 3.40. The number of nitrogens with one attached hydrogen (secondary N) is 1. The van der Waals surface area contributed by atoms with Crippen LogP contribution in [0.1, 0.15) is 69.7 Å². The molecule has 0 bridgehead atoms. The summed E-state index contributed by atoms with van der Waals surface area (Å²) in [5.74, 6) is 0.436. The first-order chi connectivity index (χ1) is 16.7. The molecule has 1 aliphatic carbocycles. The Kier molecular flexibility index (Phi) is 9.55. The van der Waals surface area contributed by atoms with Gasteiger partial charge in [-0.25, -0.2) is 0 Å². The Hall–Kier alpha value is -2.61. The van der Waals surface area contributed by atoms with Gasteiger partial charge in [0.15, 0.2) is 0 Å². The van der Waals surface area contributed by atoms with E-state index in [4.69, 9.17) is 9.47 Å². The van der Waals surface area contributed by atoms with Gasteiger partial charge in [0.05, 0.1) is 17.7 Å². The highest BCUT2D eigenvalue weighted by Crippen LogP contribution is 2.30. The van der Waals surface area contributed by atoms with Crippen molar-refractivity contribution in [3.8, 4) is 5.75 Å². The number of carbonyl (C=O) groups excluding carboxylic acids is 3. The normalized spacial score (nSPS) is 24.3. The van der Waals surface area contributed by atoms with Crippen LogP contribution in [0.5, 0.6) is 5.75 Å². The van der Waals surface area contributed by atoms with Gasteiger partial charge in [0, 0.05) is 57.3 Å². The molecule has 0 spiro atoms. The Morgan fingerprint density at radius 3 is 2.54 bits per heavy atom. The van der Waals surface area contributed by atoms with E-state index in [-0.39, 0.29) is 48.3 Å². The van der Waals surface area contributed by atoms with Crippen molar-refractivity contribution in [1.29, 1.82) is 0 Å². The van der Waals surface area contributed by atoms with Crippen LogP contribution in [0.15, 0.2) is 18.2 Å².